The number of morpholine rings is 1. The zero-order valence-corrected chi connectivity index (χ0v) is 20.8. The van der Waals surface area contributed by atoms with E-state index in [4.69, 9.17) is 14.2 Å². The lowest BCUT2D eigenvalue weighted by atomic mass is 10.2. The lowest BCUT2D eigenvalue weighted by Gasteiger charge is -2.27. The summed E-state index contributed by atoms with van der Waals surface area (Å²) < 4.78 is 44.1. The molecule has 10 heteroatoms. The van der Waals surface area contributed by atoms with Crippen LogP contribution in [0.1, 0.15) is 12.0 Å². The van der Waals surface area contributed by atoms with Crippen LogP contribution in [0.25, 0.3) is 0 Å². The average molecular weight is 492 g/mol. The minimum Gasteiger partial charge on any atom is -0.493 e. The first-order valence-corrected chi connectivity index (χ1v) is 12.7. The number of carbonyl (C=O) groups is 1. The first kappa shape index (κ1) is 25.8. The van der Waals surface area contributed by atoms with Crippen molar-refractivity contribution in [3.63, 3.8) is 0 Å². The molecule has 1 aliphatic rings. The van der Waals surface area contributed by atoms with Gasteiger partial charge < -0.3 is 19.5 Å². The number of sulfonamides is 1. The highest BCUT2D eigenvalue weighted by atomic mass is 32.2. The Hall–Kier alpha value is -2.82. The van der Waals surface area contributed by atoms with Crippen molar-refractivity contribution in [3.8, 4) is 11.5 Å². The van der Waals surface area contributed by atoms with Gasteiger partial charge in [-0.15, -0.1) is 0 Å². The van der Waals surface area contributed by atoms with Crippen molar-refractivity contribution < 1.29 is 27.4 Å². The van der Waals surface area contributed by atoms with Crippen molar-refractivity contribution >= 4 is 21.6 Å². The summed E-state index contributed by atoms with van der Waals surface area (Å²) in [5.41, 5.74) is 1.25. The number of carbonyl (C=O) groups excluding carboxylic acids is 1. The van der Waals surface area contributed by atoms with E-state index in [9.17, 15) is 13.2 Å². The molecule has 1 aliphatic heterocycles. The zero-order valence-electron chi connectivity index (χ0n) is 20.0. The number of methoxy groups -OCH3 is 2. The van der Waals surface area contributed by atoms with E-state index in [0.717, 1.165) is 49.1 Å². The quantitative estimate of drug-likeness (QED) is 0.481. The van der Waals surface area contributed by atoms with E-state index in [1.165, 1.54) is 14.2 Å². The second kappa shape index (κ2) is 12.0. The number of hydrogen-bond donors (Lipinski definition) is 1. The van der Waals surface area contributed by atoms with Gasteiger partial charge in [0.25, 0.3) is 10.0 Å². The molecule has 2 aromatic rings. The minimum atomic E-state index is -4.00. The molecule has 0 bridgehead atoms. The number of rotatable bonds is 11. The van der Waals surface area contributed by atoms with Crippen LogP contribution in [-0.2, 0) is 19.6 Å². The van der Waals surface area contributed by atoms with Gasteiger partial charge in [0, 0.05) is 25.7 Å². The van der Waals surface area contributed by atoms with Gasteiger partial charge in [-0.1, -0.05) is 17.7 Å². The number of amides is 1. The van der Waals surface area contributed by atoms with Crippen LogP contribution >= 0.6 is 0 Å². The molecule has 2 aromatic carbocycles. The van der Waals surface area contributed by atoms with Crippen LogP contribution in [0.5, 0.6) is 11.5 Å². The maximum absolute atomic E-state index is 13.5. The Morgan fingerprint density at radius 3 is 2.38 bits per heavy atom. The Morgan fingerprint density at radius 2 is 1.74 bits per heavy atom. The van der Waals surface area contributed by atoms with Gasteiger partial charge in [0.05, 0.1) is 38.0 Å². The molecule has 0 aromatic heterocycles. The summed E-state index contributed by atoms with van der Waals surface area (Å²) in [5, 5.41) is 2.85. The molecule has 1 N–H and O–H groups in total. The van der Waals surface area contributed by atoms with Crippen LogP contribution in [0.3, 0.4) is 0 Å². The van der Waals surface area contributed by atoms with Crippen LogP contribution in [0.15, 0.2) is 47.4 Å². The van der Waals surface area contributed by atoms with Gasteiger partial charge in [-0.2, -0.15) is 0 Å². The van der Waals surface area contributed by atoms with E-state index in [1.54, 1.807) is 42.5 Å². The van der Waals surface area contributed by atoms with Crippen molar-refractivity contribution in [2.45, 2.75) is 18.2 Å². The number of anilines is 1. The summed E-state index contributed by atoms with van der Waals surface area (Å²) in [4.78, 5) is 15.2. The summed E-state index contributed by atoms with van der Waals surface area (Å²) in [6.07, 6.45) is 0.771. The third-order valence-corrected chi connectivity index (χ3v) is 7.42. The highest BCUT2D eigenvalue weighted by molar-refractivity contribution is 7.92. The molecule has 1 fully saturated rings. The molecule has 34 heavy (non-hydrogen) atoms. The van der Waals surface area contributed by atoms with Crippen LogP contribution in [0.2, 0.25) is 0 Å². The molecule has 0 radical (unpaired) electrons. The largest absolute Gasteiger partial charge is 0.493 e. The predicted molar refractivity (Wildman–Crippen MR) is 130 cm³/mol. The molecule has 0 atom stereocenters. The van der Waals surface area contributed by atoms with Gasteiger partial charge in [-0.05, 0) is 44.2 Å². The first-order valence-electron chi connectivity index (χ1n) is 11.2. The fourth-order valence-corrected chi connectivity index (χ4v) is 5.09. The third-order valence-electron chi connectivity index (χ3n) is 5.63. The summed E-state index contributed by atoms with van der Waals surface area (Å²) in [6, 6.07) is 11.3. The summed E-state index contributed by atoms with van der Waals surface area (Å²) >= 11 is 0. The molecule has 0 aliphatic carbocycles. The Kier molecular flexibility index (Phi) is 9.14. The normalized spacial score (nSPS) is 14.4. The summed E-state index contributed by atoms with van der Waals surface area (Å²) in [7, 11) is -1.03. The Balaban J connectivity index is 1.76. The van der Waals surface area contributed by atoms with E-state index in [1.807, 2.05) is 6.92 Å². The third kappa shape index (κ3) is 6.62. The van der Waals surface area contributed by atoms with Crippen LogP contribution in [-0.4, -0.2) is 79.4 Å². The SMILES string of the molecule is COc1ccc(N(CC(=O)NCCCN2CCOCC2)S(=O)(=O)c2ccc(C)cc2)cc1OC. The molecule has 1 saturated heterocycles. The van der Waals surface area contributed by atoms with E-state index < -0.39 is 10.0 Å². The molecule has 9 nitrogen and oxygen atoms in total. The van der Waals surface area contributed by atoms with Crippen LogP contribution < -0.4 is 19.1 Å². The first-order chi connectivity index (χ1) is 16.3. The molecular formula is C24H33N3O6S. The Morgan fingerprint density at radius 1 is 1.06 bits per heavy atom. The summed E-state index contributed by atoms with van der Waals surface area (Å²) in [6.45, 7) is 6.06. The molecule has 1 amide bonds. The summed E-state index contributed by atoms with van der Waals surface area (Å²) in [5.74, 6) is 0.453. The van der Waals surface area contributed by atoms with Gasteiger partial charge in [0.2, 0.25) is 5.91 Å². The maximum atomic E-state index is 13.5. The highest BCUT2D eigenvalue weighted by Gasteiger charge is 2.28. The number of nitrogens with one attached hydrogen (secondary N) is 1. The van der Waals surface area contributed by atoms with E-state index in [-0.39, 0.29) is 17.3 Å². The highest BCUT2D eigenvalue weighted by Crippen LogP contribution is 2.33. The Labute approximate surface area is 201 Å². The monoisotopic (exact) mass is 491 g/mol. The molecule has 186 valence electrons. The smallest absolute Gasteiger partial charge is 0.264 e. The van der Waals surface area contributed by atoms with Crippen molar-refractivity contribution in [2.75, 3.05) is 64.5 Å². The van der Waals surface area contributed by atoms with Gasteiger partial charge in [-0.25, -0.2) is 8.42 Å². The minimum absolute atomic E-state index is 0.105. The van der Waals surface area contributed by atoms with Crippen LogP contribution in [0, 0.1) is 6.92 Å². The fourth-order valence-electron chi connectivity index (χ4n) is 3.67. The van der Waals surface area contributed by atoms with Gasteiger partial charge in [0.1, 0.15) is 6.54 Å². The molecule has 3 rings (SSSR count). The number of nitrogens with zero attached hydrogens (tertiary/aromatic N) is 2. The van der Waals surface area contributed by atoms with Crippen molar-refractivity contribution in [3.05, 3.63) is 48.0 Å². The van der Waals surface area contributed by atoms with E-state index in [0.29, 0.717) is 23.7 Å². The lowest BCUT2D eigenvalue weighted by molar-refractivity contribution is -0.119. The van der Waals surface area contributed by atoms with Gasteiger partial charge >= 0.3 is 0 Å². The maximum Gasteiger partial charge on any atom is 0.264 e. The topological polar surface area (TPSA) is 97.4 Å². The number of aryl methyl sites for hydroxylation is 1. The molecule has 0 unspecified atom stereocenters. The molecular weight excluding hydrogens is 458 g/mol. The Bertz CT molecular complexity index is 1050. The molecule has 0 spiro atoms. The zero-order chi connectivity index (χ0) is 24.6. The van der Waals surface area contributed by atoms with Gasteiger partial charge in [-0.3, -0.25) is 14.0 Å². The van der Waals surface area contributed by atoms with Crippen LogP contribution in [0.4, 0.5) is 5.69 Å². The number of ether oxygens (including phenoxy) is 3. The van der Waals surface area contributed by atoms with Crippen molar-refractivity contribution in [1.29, 1.82) is 0 Å². The number of benzene rings is 2. The van der Waals surface area contributed by atoms with Crippen molar-refractivity contribution in [1.82, 2.24) is 10.2 Å². The van der Waals surface area contributed by atoms with Gasteiger partial charge in [0.15, 0.2) is 11.5 Å². The molecule has 1 heterocycles. The second-order valence-electron chi connectivity index (χ2n) is 8.02. The standard InChI is InChI=1S/C24H33N3O6S/c1-19-5-8-21(9-6-19)34(29,30)27(20-7-10-22(31-2)23(17-20)32-3)18-24(28)25-11-4-12-26-13-15-33-16-14-26/h5-10,17H,4,11-16,18H2,1-3H3,(H,25,28). The fraction of sp³-hybridized carbons (Fsp3) is 0.458. The van der Waals surface area contributed by atoms with E-state index >= 15 is 0 Å². The second-order valence-corrected chi connectivity index (χ2v) is 9.88. The van der Waals surface area contributed by atoms with Crippen molar-refractivity contribution in [2.24, 2.45) is 0 Å². The average Bonchev–Trinajstić information content (AvgIpc) is 2.85. The predicted octanol–water partition coefficient (Wildman–Crippen LogP) is 2.05. The number of hydrogen-bond acceptors (Lipinski definition) is 7. The lowest BCUT2D eigenvalue weighted by Crippen LogP contribution is -2.42. The molecule has 0 saturated carbocycles. The van der Waals surface area contributed by atoms with E-state index in [2.05, 4.69) is 10.2 Å².